The van der Waals surface area contributed by atoms with Crippen molar-refractivity contribution < 1.29 is 23.8 Å². The van der Waals surface area contributed by atoms with Gasteiger partial charge in [0.1, 0.15) is 5.82 Å². The number of carbonyl (C=O) groups is 2. The quantitative estimate of drug-likeness (QED) is 0.673. The minimum atomic E-state index is -0.767. The Balaban J connectivity index is 1.86. The summed E-state index contributed by atoms with van der Waals surface area (Å²) in [5.41, 5.74) is 1.63. The highest BCUT2D eigenvalue weighted by Gasteiger charge is 2.43. The number of Topliss-reactive ketones (excluding diaryl/α,β-unsaturated/α-hetero) is 1. The Morgan fingerprint density at radius 3 is 2.43 bits per heavy atom. The minimum absolute atomic E-state index is 0.0134. The minimum Gasteiger partial charge on any atom is -0.503 e. The van der Waals surface area contributed by atoms with Crippen LogP contribution in [-0.2, 0) is 20.7 Å². The number of rotatable bonds is 9. The summed E-state index contributed by atoms with van der Waals surface area (Å²) in [4.78, 5) is 27.2. The number of aryl methyl sites for hydroxylation is 1. The van der Waals surface area contributed by atoms with Crippen molar-refractivity contribution >= 4 is 11.7 Å². The van der Waals surface area contributed by atoms with E-state index >= 15 is 0 Å². The fraction of sp³-hybridized carbons (Fsp3) is 0.333. The predicted octanol–water partition coefficient (Wildman–Crippen LogP) is 4.15. The molecule has 1 aliphatic rings. The predicted molar refractivity (Wildman–Crippen MR) is 111 cm³/mol. The summed E-state index contributed by atoms with van der Waals surface area (Å²) in [6.45, 7) is 4.24. The van der Waals surface area contributed by atoms with E-state index in [9.17, 15) is 19.1 Å². The summed E-state index contributed by atoms with van der Waals surface area (Å²) in [7, 11) is 0. The van der Waals surface area contributed by atoms with E-state index in [-0.39, 0.29) is 37.0 Å². The van der Waals surface area contributed by atoms with Gasteiger partial charge in [-0.05, 0) is 43.5 Å². The van der Waals surface area contributed by atoms with Gasteiger partial charge in [-0.25, -0.2) is 4.39 Å². The number of benzene rings is 2. The first-order chi connectivity index (χ1) is 14.4. The molecule has 2 aromatic carbocycles. The highest BCUT2D eigenvalue weighted by Crippen LogP contribution is 2.38. The third-order valence-electron chi connectivity index (χ3n) is 5.06. The number of ketones is 1. The summed E-state index contributed by atoms with van der Waals surface area (Å²) < 4.78 is 19.0. The second kappa shape index (κ2) is 9.67. The van der Waals surface area contributed by atoms with Crippen LogP contribution in [0.2, 0.25) is 0 Å². The van der Waals surface area contributed by atoms with Gasteiger partial charge in [-0.15, -0.1) is 0 Å². The molecular weight excluding hydrogens is 385 g/mol. The molecule has 5 nitrogen and oxygen atoms in total. The number of ether oxygens (including phenoxy) is 1. The lowest BCUT2D eigenvalue weighted by Crippen LogP contribution is -2.34. The Morgan fingerprint density at radius 2 is 1.80 bits per heavy atom. The number of hydrogen-bond donors (Lipinski definition) is 1. The van der Waals surface area contributed by atoms with Crippen LogP contribution in [-0.4, -0.2) is 41.0 Å². The second-order valence-electron chi connectivity index (χ2n) is 7.54. The fourth-order valence-corrected chi connectivity index (χ4v) is 3.58. The van der Waals surface area contributed by atoms with E-state index in [1.54, 1.807) is 0 Å². The molecule has 1 heterocycles. The highest BCUT2D eigenvalue weighted by atomic mass is 19.1. The van der Waals surface area contributed by atoms with Gasteiger partial charge in [-0.1, -0.05) is 42.5 Å². The van der Waals surface area contributed by atoms with Gasteiger partial charge in [0, 0.05) is 13.0 Å². The summed E-state index contributed by atoms with van der Waals surface area (Å²) in [6.07, 6.45) is 0.641. The number of aliphatic hydroxyl groups excluding tert-OH is 1. The number of halogens is 1. The van der Waals surface area contributed by atoms with Crippen molar-refractivity contribution in [2.24, 2.45) is 0 Å². The molecule has 1 atom stereocenters. The monoisotopic (exact) mass is 411 g/mol. The van der Waals surface area contributed by atoms with Crippen molar-refractivity contribution in [3.63, 3.8) is 0 Å². The Hall–Kier alpha value is -2.99. The number of nitrogens with zero attached hydrogens (tertiary/aromatic N) is 1. The van der Waals surface area contributed by atoms with Crippen molar-refractivity contribution in [3.8, 4) is 0 Å². The first kappa shape index (κ1) is 21.7. The van der Waals surface area contributed by atoms with Crippen molar-refractivity contribution in [2.45, 2.75) is 38.8 Å². The Morgan fingerprint density at radius 1 is 1.13 bits per heavy atom. The van der Waals surface area contributed by atoms with E-state index in [4.69, 9.17) is 4.74 Å². The molecule has 0 radical (unpaired) electrons. The summed E-state index contributed by atoms with van der Waals surface area (Å²) in [5.74, 6) is -1.86. The Kier molecular flexibility index (Phi) is 7.00. The van der Waals surface area contributed by atoms with Gasteiger partial charge in [0.05, 0.1) is 24.3 Å². The molecule has 0 spiro atoms. The zero-order chi connectivity index (χ0) is 21.7. The van der Waals surface area contributed by atoms with Crippen LogP contribution in [0.5, 0.6) is 0 Å². The maximum absolute atomic E-state index is 13.5. The Bertz CT molecular complexity index is 922. The molecule has 0 bridgehead atoms. The van der Waals surface area contributed by atoms with Crippen LogP contribution in [0.1, 0.15) is 37.4 Å². The molecule has 1 N–H and O–H groups in total. The maximum atomic E-state index is 13.5. The lowest BCUT2D eigenvalue weighted by molar-refractivity contribution is -0.130. The molecule has 1 aliphatic heterocycles. The van der Waals surface area contributed by atoms with Gasteiger partial charge in [0.25, 0.3) is 5.91 Å². The van der Waals surface area contributed by atoms with Gasteiger partial charge in [0.15, 0.2) is 11.5 Å². The first-order valence-electron chi connectivity index (χ1n) is 10.1. The summed E-state index contributed by atoms with van der Waals surface area (Å²) >= 11 is 0. The molecule has 1 unspecified atom stereocenters. The molecule has 3 rings (SSSR count). The van der Waals surface area contributed by atoms with Gasteiger partial charge in [-0.3, -0.25) is 9.59 Å². The van der Waals surface area contributed by atoms with Gasteiger partial charge in [0.2, 0.25) is 0 Å². The summed E-state index contributed by atoms with van der Waals surface area (Å²) in [5, 5.41) is 10.5. The van der Waals surface area contributed by atoms with E-state index in [2.05, 4.69) is 0 Å². The molecule has 30 heavy (non-hydrogen) atoms. The second-order valence-corrected chi connectivity index (χ2v) is 7.54. The molecule has 0 aromatic heterocycles. The van der Waals surface area contributed by atoms with Crippen LogP contribution in [0.15, 0.2) is 65.9 Å². The van der Waals surface area contributed by atoms with Crippen molar-refractivity contribution in [2.75, 3.05) is 13.2 Å². The molecule has 1 amide bonds. The maximum Gasteiger partial charge on any atom is 0.290 e. The van der Waals surface area contributed by atoms with Gasteiger partial charge < -0.3 is 14.7 Å². The smallest absolute Gasteiger partial charge is 0.290 e. The molecule has 0 fully saturated rings. The Labute approximate surface area is 175 Å². The molecule has 0 aliphatic carbocycles. The lowest BCUT2D eigenvalue weighted by Gasteiger charge is -2.27. The van der Waals surface area contributed by atoms with Crippen molar-refractivity contribution in [1.82, 2.24) is 4.90 Å². The summed E-state index contributed by atoms with van der Waals surface area (Å²) in [6, 6.07) is 14.4. The third-order valence-corrected chi connectivity index (χ3v) is 5.06. The van der Waals surface area contributed by atoms with Crippen molar-refractivity contribution in [1.29, 1.82) is 0 Å². The highest BCUT2D eigenvalue weighted by molar-refractivity contribution is 6.09. The van der Waals surface area contributed by atoms with Crippen LogP contribution in [0.3, 0.4) is 0 Å². The number of hydrogen-bond acceptors (Lipinski definition) is 4. The molecule has 0 saturated carbocycles. The molecular formula is C24H26FNO4. The van der Waals surface area contributed by atoms with Gasteiger partial charge in [-0.2, -0.15) is 0 Å². The molecule has 2 aromatic rings. The van der Waals surface area contributed by atoms with Crippen LogP contribution in [0, 0.1) is 5.82 Å². The van der Waals surface area contributed by atoms with E-state index in [0.717, 1.165) is 5.56 Å². The SMILES string of the molecule is CC(C)OCCN1C(=O)C(O)=C(C(=O)CCc2ccccc2)C1c1ccc(F)cc1. The topological polar surface area (TPSA) is 66.8 Å². The molecule has 6 heteroatoms. The average molecular weight is 411 g/mol. The van der Waals surface area contributed by atoms with Crippen LogP contribution < -0.4 is 0 Å². The van der Waals surface area contributed by atoms with Crippen LogP contribution in [0.25, 0.3) is 0 Å². The fourth-order valence-electron chi connectivity index (χ4n) is 3.58. The van der Waals surface area contributed by atoms with Gasteiger partial charge >= 0.3 is 0 Å². The zero-order valence-corrected chi connectivity index (χ0v) is 17.2. The van der Waals surface area contributed by atoms with E-state index in [1.165, 1.54) is 29.2 Å². The standard InChI is InChI=1S/C24H26FNO4/c1-16(2)30-15-14-26-22(18-9-11-19(25)12-10-18)21(23(28)24(26)29)20(27)13-8-17-6-4-3-5-7-17/h3-7,9-12,16,22,28H,8,13-15H2,1-2H3. The van der Waals surface area contributed by atoms with E-state index in [1.807, 2.05) is 44.2 Å². The first-order valence-corrected chi connectivity index (χ1v) is 10.1. The molecule has 0 saturated heterocycles. The zero-order valence-electron chi connectivity index (χ0n) is 17.2. The largest absolute Gasteiger partial charge is 0.503 e. The van der Waals surface area contributed by atoms with E-state index in [0.29, 0.717) is 12.0 Å². The lowest BCUT2D eigenvalue weighted by atomic mass is 9.93. The van der Waals surface area contributed by atoms with Crippen LogP contribution >= 0.6 is 0 Å². The number of carbonyl (C=O) groups excluding carboxylic acids is 2. The number of aliphatic hydroxyl groups is 1. The van der Waals surface area contributed by atoms with E-state index < -0.39 is 23.5 Å². The van der Waals surface area contributed by atoms with Crippen LogP contribution in [0.4, 0.5) is 4.39 Å². The third kappa shape index (κ3) is 4.94. The number of amides is 1. The average Bonchev–Trinajstić information content (AvgIpc) is 2.98. The molecule has 158 valence electrons. The van der Waals surface area contributed by atoms with Crippen molar-refractivity contribution in [3.05, 3.63) is 82.9 Å². The normalized spacial score (nSPS) is 16.6.